The van der Waals surface area contributed by atoms with Crippen LogP contribution in [0.5, 0.6) is 0 Å². The van der Waals surface area contributed by atoms with Gasteiger partial charge in [-0.05, 0) is 31.5 Å². The lowest BCUT2D eigenvalue weighted by Gasteiger charge is -2.34. The van der Waals surface area contributed by atoms with E-state index in [9.17, 15) is 14.4 Å². The van der Waals surface area contributed by atoms with E-state index < -0.39 is 0 Å². The second kappa shape index (κ2) is 8.36. The van der Waals surface area contributed by atoms with E-state index in [1.807, 2.05) is 13.0 Å². The van der Waals surface area contributed by atoms with E-state index in [1.54, 1.807) is 28.9 Å². The smallest absolute Gasteiger partial charge is 0.409 e. The minimum absolute atomic E-state index is 0.170. The summed E-state index contributed by atoms with van der Waals surface area (Å²) in [7, 11) is 0. The van der Waals surface area contributed by atoms with E-state index >= 15 is 0 Å². The molecule has 1 aromatic rings. The molecule has 1 fully saturated rings. The number of benzene rings is 1. The number of piperazine rings is 1. The first-order valence-corrected chi connectivity index (χ1v) is 8.26. The van der Waals surface area contributed by atoms with Gasteiger partial charge in [-0.1, -0.05) is 6.07 Å². The van der Waals surface area contributed by atoms with Crippen LogP contribution in [-0.2, 0) is 9.53 Å². The number of carbonyl (C=O) groups excluding carboxylic acids is 3. The lowest BCUT2D eigenvalue weighted by molar-refractivity contribution is -0.114. The molecule has 8 heteroatoms. The summed E-state index contributed by atoms with van der Waals surface area (Å²) in [6.45, 7) is 7.17. The largest absolute Gasteiger partial charge is 0.450 e. The van der Waals surface area contributed by atoms with Crippen LogP contribution in [0.1, 0.15) is 19.4 Å². The van der Waals surface area contributed by atoms with Crippen LogP contribution in [0.25, 0.3) is 0 Å². The van der Waals surface area contributed by atoms with Gasteiger partial charge in [-0.2, -0.15) is 0 Å². The number of nitrogens with zero attached hydrogens (tertiary/aromatic N) is 2. The summed E-state index contributed by atoms with van der Waals surface area (Å²) in [6.07, 6.45) is -0.346. The molecule has 2 N–H and O–H groups in total. The maximum Gasteiger partial charge on any atom is 0.409 e. The number of hydrogen-bond donors (Lipinski definition) is 2. The Labute approximate surface area is 147 Å². The van der Waals surface area contributed by atoms with Crippen LogP contribution in [-0.4, -0.2) is 60.6 Å². The van der Waals surface area contributed by atoms with Crippen molar-refractivity contribution in [2.75, 3.05) is 43.4 Å². The summed E-state index contributed by atoms with van der Waals surface area (Å²) in [5.41, 5.74) is 2.16. The van der Waals surface area contributed by atoms with Gasteiger partial charge in [-0.3, -0.25) is 4.79 Å². The molecule has 0 bridgehead atoms. The standard InChI is InChI=1S/C17H24N4O4/c1-4-25-17(24)21-9-7-20(8-10-21)16(23)19-15-11-14(18-13(3)22)6-5-12(15)2/h5-6,11H,4,7-10H2,1-3H3,(H,18,22)(H,19,23). The van der Waals surface area contributed by atoms with E-state index in [4.69, 9.17) is 4.74 Å². The zero-order valence-corrected chi connectivity index (χ0v) is 14.8. The fraction of sp³-hybridized carbons (Fsp3) is 0.471. The van der Waals surface area contributed by atoms with E-state index in [2.05, 4.69) is 10.6 Å². The molecule has 0 spiro atoms. The third-order valence-corrected chi connectivity index (χ3v) is 3.89. The van der Waals surface area contributed by atoms with Gasteiger partial charge in [0.2, 0.25) is 5.91 Å². The summed E-state index contributed by atoms with van der Waals surface area (Å²) in [5, 5.41) is 5.56. The lowest BCUT2D eigenvalue weighted by atomic mass is 10.2. The fourth-order valence-corrected chi connectivity index (χ4v) is 2.54. The van der Waals surface area contributed by atoms with Crippen molar-refractivity contribution in [2.24, 2.45) is 0 Å². The number of urea groups is 1. The minimum Gasteiger partial charge on any atom is -0.450 e. The molecule has 1 aliphatic rings. The molecule has 25 heavy (non-hydrogen) atoms. The second-order valence-corrected chi connectivity index (χ2v) is 5.81. The Morgan fingerprint density at radius 3 is 2.32 bits per heavy atom. The number of nitrogens with one attached hydrogen (secondary N) is 2. The average molecular weight is 348 g/mol. The number of ether oxygens (including phenoxy) is 1. The molecule has 1 aliphatic heterocycles. The van der Waals surface area contributed by atoms with Crippen LogP contribution in [0.3, 0.4) is 0 Å². The van der Waals surface area contributed by atoms with Crippen LogP contribution < -0.4 is 10.6 Å². The maximum absolute atomic E-state index is 12.4. The summed E-state index contributed by atoms with van der Waals surface area (Å²) >= 11 is 0. The third kappa shape index (κ3) is 5.10. The SMILES string of the molecule is CCOC(=O)N1CCN(C(=O)Nc2cc(NC(C)=O)ccc2C)CC1. The van der Waals surface area contributed by atoms with Crippen LogP contribution in [0, 0.1) is 6.92 Å². The van der Waals surface area contributed by atoms with Crippen LogP contribution in [0.2, 0.25) is 0 Å². The molecule has 136 valence electrons. The topological polar surface area (TPSA) is 91.0 Å². The number of aryl methyl sites for hydroxylation is 1. The van der Waals surface area contributed by atoms with Gasteiger partial charge < -0.3 is 25.2 Å². The summed E-state index contributed by atoms with van der Waals surface area (Å²) in [4.78, 5) is 38.5. The first-order chi connectivity index (χ1) is 11.9. The zero-order valence-electron chi connectivity index (χ0n) is 14.8. The summed E-state index contributed by atoms with van der Waals surface area (Å²) in [5.74, 6) is -0.170. The Hall–Kier alpha value is -2.77. The van der Waals surface area contributed by atoms with Crippen molar-refractivity contribution >= 4 is 29.4 Å². The highest BCUT2D eigenvalue weighted by Gasteiger charge is 2.25. The van der Waals surface area contributed by atoms with Gasteiger partial charge in [0.05, 0.1) is 6.61 Å². The highest BCUT2D eigenvalue weighted by atomic mass is 16.6. The number of anilines is 2. The molecule has 1 aromatic carbocycles. The van der Waals surface area contributed by atoms with Crippen molar-refractivity contribution in [3.63, 3.8) is 0 Å². The number of rotatable bonds is 3. The predicted molar refractivity (Wildman–Crippen MR) is 94.7 cm³/mol. The van der Waals surface area contributed by atoms with Gasteiger partial charge in [-0.25, -0.2) is 9.59 Å². The fourth-order valence-electron chi connectivity index (χ4n) is 2.54. The third-order valence-electron chi connectivity index (χ3n) is 3.89. The molecular weight excluding hydrogens is 324 g/mol. The lowest BCUT2D eigenvalue weighted by Crippen LogP contribution is -2.51. The highest BCUT2D eigenvalue weighted by Crippen LogP contribution is 2.21. The van der Waals surface area contributed by atoms with E-state index in [0.29, 0.717) is 44.2 Å². The molecular formula is C17H24N4O4. The van der Waals surface area contributed by atoms with Crippen LogP contribution in [0.15, 0.2) is 18.2 Å². The van der Waals surface area contributed by atoms with Gasteiger partial charge in [0.15, 0.2) is 0 Å². The molecule has 4 amide bonds. The Morgan fingerprint density at radius 1 is 1.08 bits per heavy atom. The van der Waals surface area contributed by atoms with Gasteiger partial charge in [-0.15, -0.1) is 0 Å². The molecule has 0 aliphatic carbocycles. The van der Waals surface area contributed by atoms with E-state index in [1.165, 1.54) is 6.92 Å². The first-order valence-electron chi connectivity index (χ1n) is 8.26. The number of hydrogen-bond acceptors (Lipinski definition) is 4. The number of carbonyl (C=O) groups is 3. The van der Waals surface area contributed by atoms with Gasteiger partial charge >= 0.3 is 12.1 Å². The predicted octanol–water partition coefficient (Wildman–Crippen LogP) is 2.26. The molecule has 0 saturated carbocycles. The summed E-state index contributed by atoms with van der Waals surface area (Å²) < 4.78 is 4.97. The Morgan fingerprint density at radius 2 is 1.72 bits per heavy atom. The number of amides is 4. The molecule has 0 radical (unpaired) electrons. The molecule has 1 saturated heterocycles. The minimum atomic E-state index is -0.346. The quantitative estimate of drug-likeness (QED) is 0.876. The molecule has 0 unspecified atom stereocenters. The normalized spacial score (nSPS) is 14.0. The van der Waals surface area contributed by atoms with E-state index in [0.717, 1.165) is 5.56 Å². The van der Waals surface area contributed by atoms with Crippen molar-refractivity contribution in [2.45, 2.75) is 20.8 Å². The van der Waals surface area contributed by atoms with Crippen LogP contribution in [0.4, 0.5) is 21.0 Å². The zero-order chi connectivity index (χ0) is 18.4. The van der Waals surface area contributed by atoms with E-state index in [-0.39, 0.29) is 18.0 Å². The van der Waals surface area contributed by atoms with Crippen molar-refractivity contribution in [1.82, 2.24) is 9.80 Å². The first kappa shape index (κ1) is 18.6. The highest BCUT2D eigenvalue weighted by molar-refractivity contribution is 5.93. The molecule has 1 heterocycles. The molecule has 2 rings (SSSR count). The molecule has 8 nitrogen and oxygen atoms in total. The Kier molecular flexibility index (Phi) is 6.21. The Bertz CT molecular complexity index is 654. The van der Waals surface area contributed by atoms with Gasteiger partial charge in [0, 0.05) is 44.5 Å². The van der Waals surface area contributed by atoms with Crippen molar-refractivity contribution in [3.05, 3.63) is 23.8 Å². The van der Waals surface area contributed by atoms with Crippen LogP contribution >= 0.6 is 0 Å². The molecule has 0 aromatic heterocycles. The molecule has 0 atom stereocenters. The van der Waals surface area contributed by atoms with Gasteiger partial charge in [0.1, 0.15) is 0 Å². The Balaban J connectivity index is 1.94. The van der Waals surface area contributed by atoms with Crippen molar-refractivity contribution in [3.8, 4) is 0 Å². The van der Waals surface area contributed by atoms with Crippen molar-refractivity contribution in [1.29, 1.82) is 0 Å². The maximum atomic E-state index is 12.4. The second-order valence-electron chi connectivity index (χ2n) is 5.81. The summed E-state index contributed by atoms with van der Waals surface area (Å²) in [6, 6.07) is 5.11. The average Bonchev–Trinajstić information content (AvgIpc) is 2.57. The monoisotopic (exact) mass is 348 g/mol. The van der Waals surface area contributed by atoms with Crippen molar-refractivity contribution < 1.29 is 19.1 Å². The van der Waals surface area contributed by atoms with Gasteiger partial charge in [0.25, 0.3) is 0 Å².